The highest BCUT2D eigenvalue weighted by atomic mass is 16.4. The highest BCUT2D eigenvalue weighted by Gasteiger charge is 1.95. The molecule has 0 bridgehead atoms. The van der Waals surface area contributed by atoms with Crippen LogP contribution in [0.3, 0.4) is 0 Å². The maximum Gasteiger partial charge on any atom is 0.303 e. The van der Waals surface area contributed by atoms with Crippen LogP contribution in [0, 0.1) is 0 Å². The molecule has 0 aliphatic rings. The summed E-state index contributed by atoms with van der Waals surface area (Å²) < 4.78 is 0. The molecule has 0 atom stereocenters. The summed E-state index contributed by atoms with van der Waals surface area (Å²) in [6, 6.07) is 0. The number of allylic oxidation sites excluding steroid dienone is 4. The summed E-state index contributed by atoms with van der Waals surface area (Å²) >= 11 is 0. The van der Waals surface area contributed by atoms with Gasteiger partial charge in [-0.25, -0.2) is 0 Å². The molecule has 0 rings (SSSR count). The van der Waals surface area contributed by atoms with Gasteiger partial charge in [0.2, 0.25) is 0 Å². The van der Waals surface area contributed by atoms with E-state index in [0.29, 0.717) is 6.42 Å². The Morgan fingerprint density at radius 2 is 1.00 bits per heavy atom. The van der Waals surface area contributed by atoms with Crippen molar-refractivity contribution in [3.05, 3.63) is 24.3 Å². The fourth-order valence-corrected chi connectivity index (χ4v) is 2.75. The first-order valence-electron chi connectivity index (χ1n) is 10.3. The SMILES string of the molecule is CCCCCCC=CCCCCC=CCCCCCCCC(=O)O. The van der Waals surface area contributed by atoms with Gasteiger partial charge in [0.15, 0.2) is 0 Å². The zero-order valence-electron chi connectivity index (χ0n) is 16.0. The highest BCUT2D eigenvalue weighted by molar-refractivity contribution is 5.66. The van der Waals surface area contributed by atoms with Crippen molar-refractivity contribution in [3.63, 3.8) is 0 Å². The predicted octanol–water partition coefficient (Wildman–Crippen LogP) is 7.44. The molecule has 1 N–H and O–H groups in total. The summed E-state index contributed by atoms with van der Waals surface area (Å²) in [6.45, 7) is 2.26. The van der Waals surface area contributed by atoms with Gasteiger partial charge in [0, 0.05) is 6.42 Å². The first-order valence-corrected chi connectivity index (χ1v) is 10.3. The van der Waals surface area contributed by atoms with E-state index in [-0.39, 0.29) is 0 Å². The second-order valence-corrected chi connectivity index (χ2v) is 6.78. The average Bonchev–Trinajstić information content (AvgIpc) is 2.56. The van der Waals surface area contributed by atoms with Crippen molar-refractivity contribution in [2.45, 2.75) is 110 Å². The number of hydrogen-bond donors (Lipinski definition) is 1. The fraction of sp³-hybridized carbons (Fsp3) is 0.773. The summed E-state index contributed by atoms with van der Waals surface area (Å²) in [5.74, 6) is -0.666. The van der Waals surface area contributed by atoms with Crippen molar-refractivity contribution in [2.24, 2.45) is 0 Å². The van der Waals surface area contributed by atoms with E-state index in [1.54, 1.807) is 0 Å². The molecule has 0 amide bonds. The van der Waals surface area contributed by atoms with Gasteiger partial charge in [0.25, 0.3) is 0 Å². The Bertz CT molecular complexity index is 318. The van der Waals surface area contributed by atoms with Gasteiger partial charge < -0.3 is 5.11 Å². The summed E-state index contributed by atoms with van der Waals surface area (Å²) in [5, 5.41) is 8.54. The van der Waals surface area contributed by atoms with Gasteiger partial charge in [-0.15, -0.1) is 0 Å². The van der Waals surface area contributed by atoms with E-state index >= 15 is 0 Å². The largest absolute Gasteiger partial charge is 0.481 e. The third kappa shape index (κ3) is 20.9. The van der Waals surface area contributed by atoms with E-state index < -0.39 is 5.97 Å². The Morgan fingerprint density at radius 3 is 1.46 bits per heavy atom. The molecule has 140 valence electrons. The first-order chi connectivity index (χ1) is 11.8. The first kappa shape index (κ1) is 22.9. The summed E-state index contributed by atoms with van der Waals surface area (Å²) in [6.07, 6.45) is 28.2. The van der Waals surface area contributed by atoms with Crippen LogP contribution in [0.25, 0.3) is 0 Å². The molecule has 0 radical (unpaired) electrons. The fourth-order valence-electron chi connectivity index (χ4n) is 2.75. The van der Waals surface area contributed by atoms with Crippen LogP contribution in [0.2, 0.25) is 0 Å². The molecule has 0 aromatic heterocycles. The van der Waals surface area contributed by atoms with Crippen LogP contribution in [0.4, 0.5) is 0 Å². The lowest BCUT2D eigenvalue weighted by atomic mass is 10.1. The highest BCUT2D eigenvalue weighted by Crippen LogP contribution is 2.09. The van der Waals surface area contributed by atoms with E-state index in [4.69, 9.17) is 5.11 Å². The minimum atomic E-state index is -0.666. The monoisotopic (exact) mass is 336 g/mol. The maximum atomic E-state index is 10.4. The lowest BCUT2D eigenvalue weighted by Crippen LogP contribution is -1.93. The molecule has 0 saturated heterocycles. The zero-order valence-corrected chi connectivity index (χ0v) is 16.0. The summed E-state index contributed by atoms with van der Waals surface area (Å²) in [4.78, 5) is 10.4. The molecule has 2 nitrogen and oxygen atoms in total. The molecule has 0 fully saturated rings. The Hall–Kier alpha value is -1.05. The molecule has 0 aliphatic carbocycles. The van der Waals surface area contributed by atoms with Gasteiger partial charge in [0.05, 0.1) is 0 Å². The van der Waals surface area contributed by atoms with Crippen molar-refractivity contribution in [2.75, 3.05) is 0 Å². The molecule has 0 aliphatic heterocycles. The standard InChI is InChI=1S/C22H40O2/c1-2-3-4-5-6-7-8-9-10-11-12-13-14-15-16-17-18-19-20-21-22(23)24/h7-8,13-14H,2-6,9-12,15-21H2,1H3,(H,23,24). The quantitative estimate of drug-likeness (QED) is 0.208. The van der Waals surface area contributed by atoms with Crippen LogP contribution in [-0.4, -0.2) is 11.1 Å². The maximum absolute atomic E-state index is 10.4. The molecule has 0 saturated carbocycles. The Kier molecular flexibility index (Phi) is 19.1. The van der Waals surface area contributed by atoms with Crippen LogP contribution in [0.5, 0.6) is 0 Å². The summed E-state index contributed by atoms with van der Waals surface area (Å²) in [7, 11) is 0. The third-order valence-electron chi connectivity index (χ3n) is 4.31. The minimum Gasteiger partial charge on any atom is -0.481 e. The molecular weight excluding hydrogens is 296 g/mol. The van der Waals surface area contributed by atoms with Crippen LogP contribution in [0.15, 0.2) is 24.3 Å². The topological polar surface area (TPSA) is 37.3 Å². The number of rotatable bonds is 18. The van der Waals surface area contributed by atoms with Gasteiger partial charge >= 0.3 is 5.97 Å². The van der Waals surface area contributed by atoms with E-state index in [1.165, 1.54) is 83.5 Å². The van der Waals surface area contributed by atoms with Crippen molar-refractivity contribution in [1.82, 2.24) is 0 Å². The second-order valence-electron chi connectivity index (χ2n) is 6.78. The summed E-state index contributed by atoms with van der Waals surface area (Å²) in [5.41, 5.74) is 0. The number of aliphatic carboxylic acids is 1. The smallest absolute Gasteiger partial charge is 0.303 e. The van der Waals surface area contributed by atoms with E-state index in [2.05, 4.69) is 31.2 Å². The second kappa shape index (κ2) is 20.0. The van der Waals surface area contributed by atoms with E-state index in [1.807, 2.05) is 0 Å². The van der Waals surface area contributed by atoms with Crippen molar-refractivity contribution >= 4 is 5.97 Å². The molecule has 0 aromatic carbocycles. The van der Waals surface area contributed by atoms with Crippen LogP contribution in [-0.2, 0) is 4.79 Å². The average molecular weight is 337 g/mol. The third-order valence-corrected chi connectivity index (χ3v) is 4.31. The predicted molar refractivity (Wildman–Crippen MR) is 105 cm³/mol. The Balaban J connectivity index is 3.16. The van der Waals surface area contributed by atoms with E-state index in [9.17, 15) is 4.79 Å². The van der Waals surface area contributed by atoms with Crippen molar-refractivity contribution < 1.29 is 9.90 Å². The van der Waals surface area contributed by atoms with Gasteiger partial charge in [-0.2, -0.15) is 0 Å². The van der Waals surface area contributed by atoms with Crippen molar-refractivity contribution in [1.29, 1.82) is 0 Å². The normalized spacial score (nSPS) is 11.7. The Morgan fingerprint density at radius 1 is 0.625 bits per heavy atom. The molecule has 2 heteroatoms. The Labute approximate surface area is 150 Å². The van der Waals surface area contributed by atoms with Crippen LogP contribution in [0.1, 0.15) is 110 Å². The molecule has 0 heterocycles. The molecule has 24 heavy (non-hydrogen) atoms. The molecular formula is C22H40O2. The lowest BCUT2D eigenvalue weighted by molar-refractivity contribution is -0.137. The van der Waals surface area contributed by atoms with Gasteiger partial charge in [0.1, 0.15) is 0 Å². The lowest BCUT2D eigenvalue weighted by Gasteiger charge is -1.98. The number of carboxylic acid groups (broad SMARTS) is 1. The number of carboxylic acids is 1. The van der Waals surface area contributed by atoms with Gasteiger partial charge in [-0.05, 0) is 57.8 Å². The molecule has 0 unspecified atom stereocenters. The minimum absolute atomic E-state index is 0.327. The van der Waals surface area contributed by atoms with Crippen molar-refractivity contribution in [3.8, 4) is 0 Å². The van der Waals surface area contributed by atoms with Gasteiger partial charge in [-0.1, -0.05) is 69.8 Å². The van der Waals surface area contributed by atoms with Crippen LogP contribution >= 0.6 is 0 Å². The zero-order chi connectivity index (χ0) is 17.7. The number of carbonyl (C=O) groups is 1. The molecule has 0 spiro atoms. The van der Waals surface area contributed by atoms with Gasteiger partial charge in [-0.3, -0.25) is 4.79 Å². The molecule has 0 aromatic rings. The number of unbranched alkanes of at least 4 members (excludes halogenated alkanes) is 12. The van der Waals surface area contributed by atoms with E-state index in [0.717, 1.165) is 12.8 Å². The number of hydrogen-bond acceptors (Lipinski definition) is 1. The van der Waals surface area contributed by atoms with Crippen LogP contribution < -0.4 is 0 Å².